The molecule has 2 aromatic rings. The molecule has 0 atom stereocenters. The van der Waals surface area contributed by atoms with E-state index in [0.717, 1.165) is 5.56 Å². The van der Waals surface area contributed by atoms with Gasteiger partial charge in [-0.25, -0.2) is 0 Å². The van der Waals surface area contributed by atoms with Crippen molar-refractivity contribution in [3.63, 3.8) is 0 Å². The second-order valence-corrected chi connectivity index (χ2v) is 6.45. The van der Waals surface area contributed by atoms with Gasteiger partial charge in [-0.1, -0.05) is 18.2 Å². The standard InChI is InChI=1S/C18H20N2O3S/c1-13-4-2-5-14(12-13)20(10-9-17(19)22)18(23)8-7-15(21)16-6-3-11-24-16/h2-6,11-12H,7-10H2,1H3,(H2,19,22). The number of carbonyl (C=O) groups is 3. The minimum atomic E-state index is -0.463. The third kappa shape index (κ3) is 5.03. The average Bonchev–Trinajstić information content (AvgIpc) is 3.07. The molecule has 126 valence electrons. The van der Waals surface area contributed by atoms with Crippen LogP contribution in [0.2, 0.25) is 0 Å². The molecule has 0 aliphatic heterocycles. The first-order valence-corrected chi connectivity index (χ1v) is 8.57. The molecule has 0 bridgehead atoms. The summed E-state index contributed by atoms with van der Waals surface area (Å²) in [5, 5.41) is 1.83. The number of thiophene rings is 1. The number of hydrogen-bond acceptors (Lipinski definition) is 4. The van der Waals surface area contributed by atoms with E-state index in [2.05, 4.69) is 0 Å². The Morgan fingerprint density at radius 3 is 2.50 bits per heavy atom. The summed E-state index contributed by atoms with van der Waals surface area (Å²) in [6.07, 6.45) is 0.334. The highest BCUT2D eigenvalue weighted by Gasteiger charge is 2.18. The number of amides is 2. The van der Waals surface area contributed by atoms with E-state index < -0.39 is 5.91 Å². The summed E-state index contributed by atoms with van der Waals surface area (Å²) in [5.41, 5.74) is 6.93. The van der Waals surface area contributed by atoms with Crippen molar-refractivity contribution in [2.24, 2.45) is 5.73 Å². The zero-order valence-electron chi connectivity index (χ0n) is 13.5. The van der Waals surface area contributed by atoms with Gasteiger partial charge in [-0.05, 0) is 36.1 Å². The number of carbonyl (C=O) groups excluding carboxylic acids is 3. The Morgan fingerprint density at radius 2 is 1.88 bits per heavy atom. The fraction of sp³-hybridized carbons (Fsp3) is 0.278. The van der Waals surface area contributed by atoms with Crippen molar-refractivity contribution in [3.8, 4) is 0 Å². The molecule has 1 heterocycles. The molecule has 0 saturated carbocycles. The van der Waals surface area contributed by atoms with Crippen molar-refractivity contribution in [2.75, 3.05) is 11.4 Å². The van der Waals surface area contributed by atoms with Crippen LogP contribution < -0.4 is 10.6 Å². The van der Waals surface area contributed by atoms with E-state index in [0.29, 0.717) is 10.6 Å². The van der Waals surface area contributed by atoms with Crippen LogP contribution in [0, 0.1) is 6.92 Å². The minimum absolute atomic E-state index is 0.0440. The number of ketones is 1. The Kier molecular flexibility index (Phi) is 6.26. The Labute approximate surface area is 145 Å². The van der Waals surface area contributed by atoms with Crippen molar-refractivity contribution in [2.45, 2.75) is 26.2 Å². The first kappa shape index (κ1) is 17.9. The molecule has 0 spiro atoms. The molecule has 1 aromatic carbocycles. The van der Waals surface area contributed by atoms with Crippen LogP contribution in [-0.2, 0) is 9.59 Å². The van der Waals surface area contributed by atoms with Crippen LogP contribution in [0.4, 0.5) is 5.69 Å². The van der Waals surface area contributed by atoms with Crippen LogP contribution >= 0.6 is 11.3 Å². The Bertz CT molecular complexity index is 726. The molecule has 0 radical (unpaired) electrons. The molecule has 1 aromatic heterocycles. The normalized spacial score (nSPS) is 10.4. The maximum Gasteiger partial charge on any atom is 0.227 e. The van der Waals surface area contributed by atoms with Crippen LogP contribution in [0.15, 0.2) is 41.8 Å². The number of aryl methyl sites for hydroxylation is 1. The highest BCUT2D eigenvalue weighted by molar-refractivity contribution is 7.12. The lowest BCUT2D eigenvalue weighted by Crippen LogP contribution is -2.34. The predicted molar refractivity (Wildman–Crippen MR) is 95.2 cm³/mol. The lowest BCUT2D eigenvalue weighted by Gasteiger charge is -2.22. The summed E-state index contributed by atoms with van der Waals surface area (Å²) in [5.74, 6) is -0.695. The number of anilines is 1. The van der Waals surface area contributed by atoms with Gasteiger partial charge in [-0.15, -0.1) is 11.3 Å². The second-order valence-electron chi connectivity index (χ2n) is 5.50. The number of rotatable bonds is 8. The van der Waals surface area contributed by atoms with E-state index in [9.17, 15) is 14.4 Å². The van der Waals surface area contributed by atoms with Crippen molar-refractivity contribution >= 4 is 34.6 Å². The Morgan fingerprint density at radius 1 is 1.08 bits per heavy atom. The molecule has 2 N–H and O–H groups in total. The van der Waals surface area contributed by atoms with E-state index >= 15 is 0 Å². The van der Waals surface area contributed by atoms with Crippen molar-refractivity contribution in [1.82, 2.24) is 0 Å². The quantitative estimate of drug-likeness (QED) is 0.748. The lowest BCUT2D eigenvalue weighted by molar-refractivity contribution is -0.119. The van der Waals surface area contributed by atoms with E-state index in [1.165, 1.54) is 16.2 Å². The third-order valence-corrected chi connectivity index (χ3v) is 4.47. The molecular formula is C18H20N2O3S. The van der Waals surface area contributed by atoms with Gasteiger partial charge in [-0.2, -0.15) is 0 Å². The van der Waals surface area contributed by atoms with Crippen LogP contribution in [0.3, 0.4) is 0 Å². The van der Waals surface area contributed by atoms with E-state index in [4.69, 9.17) is 5.73 Å². The first-order chi connectivity index (χ1) is 11.5. The zero-order valence-corrected chi connectivity index (χ0v) is 14.3. The molecule has 0 unspecified atom stereocenters. The number of Topliss-reactive ketones (excluding diaryl/α,β-unsaturated/α-hetero) is 1. The Hall–Kier alpha value is -2.47. The van der Waals surface area contributed by atoms with E-state index in [1.807, 2.05) is 42.6 Å². The topological polar surface area (TPSA) is 80.5 Å². The second kappa shape index (κ2) is 8.40. The van der Waals surface area contributed by atoms with Crippen molar-refractivity contribution < 1.29 is 14.4 Å². The van der Waals surface area contributed by atoms with Gasteiger partial charge in [0.05, 0.1) is 4.88 Å². The van der Waals surface area contributed by atoms with Crippen molar-refractivity contribution in [1.29, 1.82) is 0 Å². The van der Waals surface area contributed by atoms with Gasteiger partial charge in [0, 0.05) is 31.5 Å². The zero-order chi connectivity index (χ0) is 17.5. The summed E-state index contributed by atoms with van der Waals surface area (Å²) in [6, 6.07) is 11.0. The molecular weight excluding hydrogens is 324 g/mol. The van der Waals surface area contributed by atoms with Gasteiger partial charge in [0.2, 0.25) is 11.8 Å². The van der Waals surface area contributed by atoms with Crippen molar-refractivity contribution in [3.05, 3.63) is 52.2 Å². The monoisotopic (exact) mass is 344 g/mol. The number of nitrogens with zero attached hydrogens (tertiary/aromatic N) is 1. The van der Waals surface area contributed by atoms with Gasteiger partial charge in [0.25, 0.3) is 0 Å². The summed E-state index contributed by atoms with van der Waals surface area (Å²) in [4.78, 5) is 37.9. The highest BCUT2D eigenvalue weighted by Crippen LogP contribution is 2.19. The van der Waals surface area contributed by atoms with Crippen LogP contribution in [-0.4, -0.2) is 24.1 Å². The maximum absolute atomic E-state index is 12.6. The summed E-state index contributed by atoms with van der Waals surface area (Å²) < 4.78 is 0. The summed E-state index contributed by atoms with van der Waals surface area (Å²) in [6.45, 7) is 2.14. The van der Waals surface area contributed by atoms with Gasteiger partial charge < -0.3 is 10.6 Å². The van der Waals surface area contributed by atoms with E-state index in [-0.39, 0.29) is 37.5 Å². The smallest absolute Gasteiger partial charge is 0.227 e. The number of benzene rings is 1. The number of nitrogens with two attached hydrogens (primary N) is 1. The molecule has 0 fully saturated rings. The molecule has 0 aliphatic carbocycles. The first-order valence-electron chi connectivity index (χ1n) is 7.69. The van der Waals surface area contributed by atoms with Gasteiger partial charge in [-0.3, -0.25) is 14.4 Å². The minimum Gasteiger partial charge on any atom is -0.370 e. The van der Waals surface area contributed by atoms with Gasteiger partial charge in [0.1, 0.15) is 0 Å². The SMILES string of the molecule is Cc1cccc(N(CCC(N)=O)C(=O)CCC(=O)c2cccs2)c1. The molecule has 24 heavy (non-hydrogen) atoms. The number of primary amides is 1. The fourth-order valence-corrected chi connectivity index (χ4v) is 3.03. The predicted octanol–water partition coefficient (Wildman–Crippen LogP) is 2.93. The molecule has 6 heteroatoms. The summed E-state index contributed by atoms with van der Waals surface area (Å²) >= 11 is 1.37. The fourth-order valence-electron chi connectivity index (χ4n) is 2.33. The van der Waals surface area contributed by atoms with Crippen LogP contribution in [0.25, 0.3) is 0 Å². The van der Waals surface area contributed by atoms with Crippen LogP contribution in [0.5, 0.6) is 0 Å². The Balaban J connectivity index is 2.06. The third-order valence-electron chi connectivity index (χ3n) is 3.56. The largest absolute Gasteiger partial charge is 0.370 e. The molecule has 0 aliphatic rings. The summed E-state index contributed by atoms with van der Waals surface area (Å²) in [7, 11) is 0. The maximum atomic E-state index is 12.6. The molecule has 2 rings (SSSR count). The average molecular weight is 344 g/mol. The van der Waals surface area contributed by atoms with Gasteiger partial charge in [0.15, 0.2) is 5.78 Å². The number of hydrogen-bond donors (Lipinski definition) is 1. The molecule has 5 nitrogen and oxygen atoms in total. The lowest BCUT2D eigenvalue weighted by atomic mass is 10.1. The van der Waals surface area contributed by atoms with E-state index in [1.54, 1.807) is 6.07 Å². The van der Waals surface area contributed by atoms with Crippen LogP contribution in [0.1, 0.15) is 34.5 Å². The molecule has 0 saturated heterocycles. The van der Waals surface area contributed by atoms with Gasteiger partial charge >= 0.3 is 0 Å². The highest BCUT2D eigenvalue weighted by atomic mass is 32.1. The molecule has 2 amide bonds.